The second-order valence-corrected chi connectivity index (χ2v) is 3.04. The fourth-order valence-electron chi connectivity index (χ4n) is 1.25. The summed E-state index contributed by atoms with van der Waals surface area (Å²) in [4.78, 5) is 10.9. The molecule has 70 valence electrons. The first-order valence-electron chi connectivity index (χ1n) is 4.24. The highest BCUT2D eigenvalue weighted by Gasteiger charge is 2.03. The molecule has 0 bridgehead atoms. The first kappa shape index (κ1) is 9.74. The van der Waals surface area contributed by atoms with Crippen molar-refractivity contribution in [3.8, 4) is 0 Å². The van der Waals surface area contributed by atoms with Gasteiger partial charge in [0.2, 0.25) is 5.91 Å². The second-order valence-electron chi connectivity index (χ2n) is 3.04. The van der Waals surface area contributed by atoms with Crippen molar-refractivity contribution in [1.29, 1.82) is 0 Å². The van der Waals surface area contributed by atoms with Crippen LogP contribution >= 0.6 is 0 Å². The Morgan fingerprint density at radius 2 is 2.15 bits per heavy atom. The van der Waals surface area contributed by atoms with Crippen LogP contribution in [-0.2, 0) is 6.42 Å². The molecule has 0 aliphatic rings. The van der Waals surface area contributed by atoms with Crippen LogP contribution in [0, 0.1) is 6.92 Å². The zero-order chi connectivity index (χ0) is 9.84. The number of carbonyl (C=O) groups excluding carboxylic acids is 1. The van der Waals surface area contributed by atoms with Crippen LogP contribution in [0.2, 0.25) is 0 Å². The summed E-state index contributed by atoms with van der Waals surface area (Å²) in [5.74, 6) is -0.390. The lowest BCUT2D eigenvalue weighted by Gasteiger charge is -2.05. The van der Waals surface area contributed by atoms with Crippen molar-refractivity contribution in [3.05, 3.63) is 34.9 Å². The summed E-state index contributed by atoms with van der Waals surface area (Å²) in [6.45, 7) is 2.58. The Bertz CT molecular complexity index is 321. The quantitative estimate of drug-likeness (QED) is 0.711. The van der Waals surface area contributed by atoms with Gasteiger partial charge in [-0.1, -0.05) is 6.07 Å². The van der Waals surface area contributed by atoms with Crippen molar-refractivity contribution >= 4 is 5.91 Å². The fourth-order valence-corrected chi connectivity index (χ4v) is 1.25. The van der Waals surface area contributed by atoms with Gasteiger partial charge in [-0.2, -0.15) is 0 Å². The predicted octanol–water partition coefficient (Wildman–Crippen LogP) is 0.595. The summed E-state index contributed by atoms with van der Waals surface area (Å²) < 4.78 is 0. The van der Waals surface area contributed by atoms with Crippen molar-refractivity contribution in [2.45, 2.75) is 13.3 Å². The molecule has 0 aliphatic heterocycles. The molecule has 0 aliphatic carbocycles. The molecule has 0 heterocycles. The van der Waals surface area contributed by atoms with Gasteiger partial charge in [0.1, 0.15) is 0 Å². The van der Waals surface area contributed by atoms with Gasteiger partial charge in [-0.05, 0) is 43.1 Å². The maximum atomic E-state index is 10.9. The van der Waals surface area contributed by atoms with Gasteiger partial charge in [0.25, 0.3) is 0 Å². The van der Waals surface area contributed by atoms with E-state index < -0.39 is 5.91 Å². The lowest BCUT2D eigenvalue weighted by atomic mass is 10.0. The zero-order valence-corrected chi connectivity index (χ0v) is 7.71. The summed E-state index contributed by atoms with van der Waals surface area (Å²) in [6.07, 6.45) is 0.785. The van der Waals surface area contributed by atoms with Gasteiger partial charge >= 0.3 is 0 Å². The van der Waals surface area contributed by atoms with Gasteiger partial charge in [0.05, 0.1) is 0 Å². The van der Waals surface area contributed by atoms with Gasteiger partial charge in [-0.3, -0.25) is 4.79 Å². The standard InChI is InChI=1S/C10H14N2O/c1-7-2-3-9(10(12)13)6-8(7)4-5-11/h2-3,6H,4-5,11H2,1H3,(H2,12,13). The number of aryl methyl sites for hydroxylation is 1. The van der Waals surface area contributed by atoms with Gasteiger partial charge in [-0.25, -0.2) is 0 Å². The topological polar surface area (TPSA) is 69.1 Å². The molecule has 0 saturated heterocycles. The van der Waals surface area contributed by atoms with E-state index in [1.54, 1.807) is 6.07 Å². The Labute approximate surface area is 77.7 Å². The van der Waals surface area contributed by atoms with E-state index >= 15 is 0 Å². The molecular formula is C10H14N2O. The smallest absolute Gasteiger partial charge is 0.248 e. The van der Waals surface area contributed by atoms with Gasteiger partial charge in [0, 0.05) is 5.56 Å². The normalized spacial score (nSPS) is 10.0. The van der Waals surface area contributed by atoms with Gasteiger partial charge < -0.3 is 11.5 Å². The van der Waals surface area contributed by atoms with Crippen molar-refractivity contribution in [3.63, 3.8) is 0 Å². The third kappa shape index (κ3) is 2.29. The van der Waals surface area contributed by atoms with E-state index in [2.05, 4.69) is 0 Å². The molecule has 1 aromatic carbocycles. The van der Waals surface area contributed by atoms with E-state index in [1.165, 1.54) is 0 Å². The molecule has 1 amide bonds. The number of benzene rings is 1. The number of amides is 1. The second kappa shape index (κ2) is 4.05. The van der Waals surface area contributed by atoms with Crippen LogP contribution in [0.3, 0.4) is 0 Å². The Balaban J connectivity index is 3.03. The summed E-state index contributed by atoms with van der Waals surface area (Å²) >= 11 is 0. The first-order valence-corrected chi connectivity index (χ1v) is 4.24. The molecule has 3 heteroatoms. The third-order valence-electron chi connectivity index (χ3n) is 2.05. The van der Waals surface area contributed by atoms with Crippen molar-refractivity contribution < 1.29 is 4.79 Å². The monoisotopic (exact) mass is 178 g/mol. The van der Waals surface area contributed by atoms with Crippen molar-refractivity contribution in [2.24, 2.45) is 11.5 Å². The Hall–Kier alpha value is -1.35. The van der Waals surface area contributed by atoms with Crippen LogP contribution in [-0.4, -0.2) is 12.5 Å². The molecule has 0 spiro atoms. The molecule has 0 fully saturated rings. The molecular weight excluding hydrogens is 164 g/mol. The molecule has 0 aromatic heterocycles. The highest BCUT2D eigenvalue weighted by Crippen LogP contribution is 2.10. The third-order valence-corrected chi connectivity index (χ3v) is 2.05. The minimum atomic E-state index is -0.390. The molecule has 0 unspecified atom stereocenters. The van der Waals surface area contributed by atoms with E-state index in [4.69, 9.17) is 11.5 Å². The van der Waals surface area contributed by atoms with E-state index in [1.807, 2.05) is 19.1 Å². The highest BCUT2D eigenvalue weighted by molar-refractivity contribution is 5.93. The van der Waals surface area contributed by atoms with Gasteiger partial charge in [-0.15, -0.1) is 0 Å². The van der Waals surface area contributed by atoms with Crippen LogP contribution < -0.4 is 11.5 Å². The van der Waals surface area contributed by atoms with Gasteiger partial charge in [0.15, 0.2) is 0 Å². The average molecular weight is 178 g/mol. The molecule has 1 rings (SSSR count). The largest absolute Gasteiger partial charge is 0.366 e. The van der Waals surface area contributed by atoms with Crippen LogP contribution in [0.25, 0.3) is 0 Å². The lowest BCUT2D eigenvalue weighted by molar-refractivity contribution is 0.1000. The van der Waals surface area contributed by atoms with Crippen LogP contribution in [0.5, 0.6) is 0 Å². The Kier molecular flexibility index (Phi) is 3.03. The number of carbonyl (C=O) groups is 1. The number of nitrogens with two attached hydrogens (primary N) is 2. The molecule has 13 heavy (non-hydrogen) atoms. The Morgan fingerprint density at radius 3 is 2.69 bits per heavy atom. The molecule has 1 aromatic rings. The lowest BCUT2D eigenvalue weighted by Crippen LogP contribution is -2.12. The summed E-state index contributed by atoms with van der Waals surface area (Å²) in [5.41, 5.74) is 13.4. The molecule has 3 nitrogen and oxygen atoms in total. The molecule has 0 saturated carbocycles. The molecule has 4 N–H and O–H groups in total. The maximum absolute atomic E-state index is 10.9. The van der Waals surface area contributed by atoms with E-state index in [0.29, 0.717) is 12.1 Å². The fraction of sp³-hybridized carbons (Fsp3) is 0.300. The highest BCUT2D eigenvalue weighted by atomic mass is 16.1. The minimum absolute atomic E-state index is 0.390. The SMILES string of the molecule is Cc1ccc(C(N)=O)cc1CCN. The number of primary amides is 1. The average Bonchev–Trinajstić information content (AvgIpc) is 2.08. The number of rotatable bonds is 3. The Morgan fingerprint density at radius 1 is 1.46 bits per heavy atom. The van der Waals surface area contributed by atoms with Crippen molar-refractivity contribution in [1.82, 2.24) is 0 Å². The minimum Gasteiger partial charge on any atom is -0.366 e. The van der Waals surface area contributed by atoms with E-state index in [9.17, 15) is 4.79 Å². The van der Waals surface area contributed by atoms with Crippen LogP contribution in [0.1, 0.15) is 21.5 Å². The van der Waals surface area contributed by atoms with E-state index in [-0.39, 0.29) is 0 Å². The van der Waals surface area contributed by atoms with Crippen LogP contribution in [0.15, 0.2) is 18.2 Å². The number of hydrogen-bond donors (Lipinski definition) is 2. The molecule has 0 atom stereocenters. The zero-order valence-electron chi connectivity index (χ0n) is 7.71. The summed E-state index contributed by atoms with van der Waals surface area (Å²) in [6, 6.07) is 5.44. The van der Waals surface area contributed by atoms with Crippen LogP contribution in [0.4, 0.5) is 0 Å². The molecule has 0 radical (unpaired) electrons. The summed E-state index contributed by atoms with van der Waals surface area (Å²) in [7, 11) is 0. The predicted molar refractivity (Wildman–Crippen MR) is 52.5 cm³/mol. The number of hydrogen-bond acceptors (Lipinski definition) is 2. The first-order chi connectivity index (χ1) is 6.15. The van der Waals surface area contributed by atoms with Crippen molar-refractivity contribution in [2.75, 3.05) is 6.54 Å². The maximum Gasteiger partial charge on any atom is 0.248 e. The summed E-state index contributed by atoms with van der Waals surface area (Å²) in [5, 5.41) is 0. The van der Waals surface area contributed by atoms with E-state index in [0.717, 1.165) is 17.5 Å².